The number of rotatable bonds is 9. The molecule has 0 spiro atoms. The average Bonchev–Trinajstić information content (AvgIpc) is 2.15. The summed E-state index contributed by atoms with van der Waals surface area (Å²) in [4.78, 5) is -2.01. The largest absolute Gasteiger partial charge is 0.578 e. The van der Waals surface area contributed by atoms with E-state index in [0.717, 1.165) is 0 Å². The molecule has 0 N–H and O–H groups in total. The smallest absolute Gasteiger partial charge is 0.368 e. The summed E-state index contributed by atoms with van der Waals surface area (Å²) < 4.78 is 15.5. The van der Waals surface area contributed by atoms with E-state index in [0.29, 0.717) is 0 Å². The van der Waals surface area contributed by atoms with E-state index in [9.17, 15) is 0 Å². The van der Waals surface area contributed by atoms with Gasteiger partial charge in [-0.2, -0.15) is 0 Å². The van der Waals surface area contributed by atoms with Crippen molar-refractivity contribution in [3.8, 4) is 0 Å². The zero-order valence-corrected chi connectivity index (χ0v) is 13.4. The van der Waals surface area contributed by atoms with Gasteiger partial charge in [0.1, 0.15) is 14.5 Å². The quantitative estimate of drug-likeness (QED) is 0.460. The van der Waals surface area contributed by atoms with E-state index >= 15 is 0 Å². The Morgan fingerprint density at radius 1 is 0.625 bits per heavy atom. The van der Waals surface area contributed by atoms with Gasteiger partial charge < -0.3 is 13.3 Å². The van der Waals surface area contributed by atoms with Crippen LogP contribution >= 0.6 is 69.6 Å². The number of hydrogen-bond donors (Lipinski definition) is 0. The minimum atomic E-state index is -2.04. The number of halogens is 6. The predicted octanol–water partition coefficient (Wildman–Crippen LogP) is 3.43. The van der Waals surface area contributed by atoms with Crippen LogP contribution in [0.4, 0.5) is 0 Å². The molecule has 0 aliphatic rings. The van der Waals surface area contributed by atoms with E-state index in [1.54, 1.807) is 0 Å². The standard InChI is InChI=1S/C6H9Cl6O3Si/c7-4(8)1-13-16(14-2-5(9)10)15-3-6(11)12/h4-6H,1-3H2. The molecule has 0 aliphatic carbocycles. The molecule has 3 nitrogen and oxygen atoms in total. The molecule has 0 aromatic rings. The fraction of sp³-hybridized carbons (Fsp3) is 1.00. The van der Waals surface area contributed by atoms with Gasteiger partial charge in [-0.1, -0.05) is 0 Å². The Morgan fingerprint density at radius 3 is 1.06 bits per heavy atom. The first-order valence-corrected chi connectivity index (χ1v) is 7.86. The van der Waals surface area contributed by atoms with E-state index in [1.165, 1.54) is 0 Å². The molecule has 0 atom stereocenters. The number of alkyl halides is 6. The van der Waals surface area contributed by atoms with Crippen LogP contribution in [0.1, 0.15) is 0 Å². The molecular weight excluding hydrogens is 361 g/mol. The third-order valence-electron chi connectivity index (χ3n) is 0.982. The second-order valence-electron chi connectivity index (χ2n) is 2.36. The lowest BCUT2D eigenvalue weighted by atomic mass is 10.9. The van der Waals surface area contributed by atoms with Crippen molar-refractivity contribution in [1.82, 2.24) is 0 Å². The minimum absolute atomic E-state index is 0.0713. The lowest BCUT2D eigenvalue weighted by Gasteiger charge is -2.15. The van der Waals surface area contributed by atoms with E-state index in [4.69, 9.17) is 82.9 Å². The molecule has 0 rings (SSSR count). The third kappa shape index (κ3) is 12.3. The van der Waals surface area contributed by atoms with Crippen molar-refractivity contribution in [2.75, 3.05) is 19.8 Å². The Kier molecular flexibility index (Phi) is 12.0. The van der Waals surface area contributed by atoms with Crippen molar-refractivity contribution in [1.29, 1.82) is 0 Å². The normalized spacial score (nSPS) is 12.4. The highest BCUT2D eigenvalue weighted by Gasteiger charge is 2.22. The molecular formula is C6H9Cl6O3Si. The minimum Gasteiger partial charge on any atom is -0.368 e. The van der Waals surface area contributed by atoms with Crippen LogP contribution in [-0.4, -0.2) is 43.9 Å². The van der Waals surface area contributed by atoms with E-state index in [2.05, 4.69) is 0 Å². The Labute approximate surface area is 126 Å². The molecule has 0 unspecified atom stereocenters. The fourth-order valence-corrected chi connectivity index (χ4v) is 2.69. The summed E-state index contributed by atoms with van der Waals surface area (Å²) in [5, 5.41) is 0. The second kappa shape index (κ2) is 10.7. The van der Waals surface area contributed by atoms with Crippen molar-refractivity contribution >= 4 is 79.1 Å². The van der Waals surface area contributed by atoms with Crippen LogP contribution in [0, 0.1) is 0 Å². The van der Waals surface area contributed by atoms with E-state index in [1.807, 2.05) is 0 Å². The van der Waals surface area contributed by atoms with Crippen molar-refractivity contribution in [3.63, 3.8) is 0 Å². The molecule has 97 valence electrons. The maximum absolute atomic E-state index is 5.49. The molecule has 0 aromatic heterocycles. The Bertz CT molecular complexity index is 144. The second-order valence-corrected chi connectivity index (χ2v) is 7.55. The van der Waals surface area contributed by atoms with Crippen molar-refractivity contribution in [2.24, 2.45) is 0 Å². The molecule has 0 saturated carbocycles. The first kappa shape index (κ1) is 17.8. The molecule has 0 bridgehead atoms. The maximum Gasteiger partial charge on any atom is 0.578 e. The van der Waals surface area contributed by atoms with Gasteiger partial charge in [-0.15, -0.1) is 69.6 Å². The van der Waals surface area contributed by atoms with Crippen LogP contribution in [0.15, 0.2) is 0 Å². The van der Waals surface area contributed by atoms with Gasteiger partial charge in [0.15, 0.2) is 0 Å². The van der Waals surface area contributed by atoms with Gasteiger partial charge in [-0.25, -0.2) is 0 Å². The molecule has 0 aromatic carbocycles. The molecule has 1 radical (unpaired) electrons. The van der Waals surface area contributed by atoms with Crippen molar-refractivity contribution in [2.45, 2.75) is 14.5 Å². The average molecular weight is 370 g/mol. The van der Waals surface area contributed by atoms with Crippen LogP contribution in [0.25, 0.3) is 0 Å². The zero-order chi connectivity index (χ0) is 12.6. The summed E-state index contributed by atoms with van der Waals surface area (Å²) in [6.45, 7) is 0.214. The summed E-state index contributed by atoms with van der Waals surface area (Å²) in [6, 6.07) is 0. The fourth-order valence-electron chi connectivity index (χ4n) is 0.518. The highest BCUT2D eigenvalue weighted by Crippen LogP contribution is 2.09. The SMILES string of the molecule is ClC(Cl)CO[Si](OCC(Cl)Cl)OCC(Cl)Cl. The van der Waals surface area contributed by atoms with E-state index < -0.39 is 24.0 Å². The first-order chi connectivity index (χ1) is 7.41. The van der Waals surface area contributed by atoms with Gasteiger partial charge in [0.25, 0.3) is 0 Å². The van der Waals surface area contributed by atoms with Gasteiger partial charge in [-0.05, 0) is 0 Å². The van der Waals surface area contributed by atoms with Gasteiger partial charge in [0.05, 0.1) is 19.8 Å². The summed E-state index contributed by atoms with van der Waals surface area (Å²) in [5.41, 5.74) is 0. The Balaban J connectivity index is 3.85. The topological polar surface area (TPSA) is 27.7 Å². The van der Waals surface area contributed by atoms with Crippen LogP contribution < -0.4 is 0 Å². The molecule has 0 fully saturated rings. The molecule has 0 saturated heterocycles. The molecule has 10 heteroatoms. The molecule has 0 aliphatic heterocycles. The summed E-state index contributed by atoms with van der Waals surface area (Å²) >= 11 is 32.9. The van der Waals surface area contributed by atoms with Gasteiger partial charge >= 0.3 is 9.53 Å². The molecule has 0 heterocycles. The van der Waals surface area contributed by atoms with Gasteiger partial charge in [-0.3, -0.25) is 0 Å². The van der Waals surface area contributed by atoms with Crippen LogP contribution in [0.5, 0.6) is 0 Å². The third-order valence-corrected chi connectivity index (χ3v) is 2.94. The lowest BCUT2D eigenvalue weighted by molar-refractivity contribution is 0.103. The number of hydrogen-bond acceptors (Lipinski definition) is 3. The maximum atomic E-state index is 5.49. The Morgan fingerprint density at radius 2 is 0.875 bits per heavy atom. The summed E-state index contributed by atoms with van der Waals surface area (Å²) in [7, 11) is -2.04. The Hall–Kier alpha value is 1.84. The van der Waals surface area contributed by atoms with Crippen LogP contribution in [-0.2, 0) is 13.3 Å². The van der Waals surface area contributed by atoms with Crippen LogP contribution in [0.3, 0.4) is 0 Å². The monoisotopic (exact) mass is 367 g/mol. The van der Waals surface area contributed by atoms with Gasteiger partial charge in [0.2, 0.25) is 0 Å². The zero-order valence-electron chi connectivity index (χ0n) is 7.85. The lowest BCUT2D eigenvalue weighted by Crippen LogP contribution is -2.32. The van der Waals surface area contributed by atoms with Gasteiger partial charge in [0, 0.05) is 0 Å². The molecule has 0 amide bonds. The van der Waals surface area contributed by atoms with Crippen LogP contribution in [0.2, 0.25) is 0 Å². The highest BCUT2D eigenvalue weighted by molar-refractivity contribution is 6.46. The van der Waals surface area contributed by atoms with Crippen molar-refractivity contribution in [3.05, 3.63) is 0 Å². The highest BCUT2D eigenvalue weighted by atomic mass is 35.5. The first-order valence-electron chi connectivity index (χ1n) is 4.01. The molecule has 16 heavy (non-hydrogen) atoms. The predicted molar refractivity (Wildman–Crippen MR) is 70.1 cm³/mol. The van der Waals surface area contributed by atoms with Crippen molar-refractivity contribution < 1.29 is 13.3 Å². The summed E-state index contributed by atoms with van der Waals surface area (Å²) in [5.74, 6) is 0. The summed E-state index contributed by atoms with van der Waals surface area (Å²) in [6.07, 6.45) is 0. The van der Waals surface area contributed by atoms with E-state index in [-0.39, 0.29) is 19.8 Å².